The van der Waals surface area contributed by atoms with Crippen molar-refractivity contribution in [2.75, 3.05) is 19.5 Å². The van der Waals surface area contributed by atoms with Crippen LogP contribution in [-0.2, 0) is 6.54 Å². The summed E-state index contributed by atoms with van der Waals surface area (Å²) in [7, 11) is 1.53. The van der Waals surface area contributed by atoms with Crippen LogP contribution in [0.1, 0.15) is 12.2 Å². The first-order valence-corrected chi connectivity index (χ1v) is 5.32. The maximum atomic E-state index is 8.88. The molecule has 2 aromatic rings. The topological polar surface area (TPSA) is 99.1 Å². The number of fused-ring (bicyclic) bond motifs is 1. The number of aromatic nitrogens is 4. The number of rotatable bonds is 4. The lowest BCUT2D eigenvalue weighted by Gasteiger charge is -2.05. The van der Waals surface area contributed by atoms with E-state index in [1.165, 1.54) is 7.11 Å². The van der Waals surface area contributed by atoms with E-state index in [4.69, 9.17) is 15.6 Å². The molecule has 0 bridgehead atoms. The van der Waals surface area contributed by atoms with Crippen LogP contribution in [0.4, 0.5) is 5.82 Å². The van der Waals surface area contributed by atoms with Gasteiger partial charge in [-0.1, -0.05) is 0 Å². The van der Waals surface area contributed by atoms with Gasteiger partial charge >= 0.3 is 0 Å². The van der Waals surface area contributed by atoms with E-state index in [1.807, 2.05) is 0 Å². The predicted octanol–water partition coefficient (Wildman–Crippen LogP) is 0.108. The summed E-state index contributed by atoms with van der Waals surface area (Å²) in [6, 6.07) is 0.431. The van der Waals surface area contributed by atoms with E-state index in [9.17, 15) is 0 Å². The van der Waals surface area contributed by atoms with Gasteiger partial charge in [0.25, 0.3) is 6.01 Å². The number of nitrogens with zero attached hydrogens (tertiary/aromatic N) is 4. The lowest BCUT2D eigenvalue weighted by Crippen LogP contribution is -2.05. The number of aliphatic hydroxyl groups is 1. The molecule has 2 rings (SSSR count). The second-order valence-corrected chi connectivity index (χ2v) is 3.66. The van der Waals surface area contributed by atoms with E-state index in [0.29, 0.717) is 41.8 Å². The SMILES string of the molecule is COc1nc2c(N)nc(C)nc2n1CCCO. The Bertz CT molecular complexity index is 537. The maximum Gasteiger partial charge on any atom is 0.298 e. The van der Waals surface area contributed by atoms with Crippen molar-refractivity contribution in [3.05, 3.63) is 5.82 Å². The standard InChI is InChI=1S/C10H15N5O2/c1-6-12-8(11)7-9(13-6)15(4-3-5-16)10(14-7)17-2/h16H,3-5H2,1-2H3,(H2,11,12,13). The van der Waals surface area contributed by atoms with Crippen molar-refractivity contribution in [3.8, 4) is 6.01 Å². The summed E-state index contributed by atoms with van der Waals surface area (Å²) in [5.74, 6) is 0.927. The fourth-order valence-corrected chi connectivity index (χ4v) is 1.70. The minimum Gasteiger partial charge on any atom is -0.468 e. The minimum absolute atomic E-state index is 0.0996. The van der Waals surface area contributed by atoms with Gasteiger partial charge in [0.1, 0.15) is 5.82 Å². The highest BCUT2D eigenvalue weighted by atomic mass is 16.5. The van der Waals surface area contributed by atoms with E-state index in [0.717, 1.165) is 0 Å². The van der Waals surface area contributed by atoms with Gasteiger partial charge in [0.05, 0.1) is 7.11 Å². The van der Waals surface area contributed by atoms with Gasteiger partial charge in [-0.25, -0.2) is 9.97 Å². The van der Waals surface area contributed by atoms with E-state index < -0.39 is 0 Å². The van der Waals surface area contributed by atoms with Gasteiger partial charge in [-0.15, -0.1) is 0 Å². The molecule has 0 amide bonds. The molecule has 92 valence electrons. The average Bonchev–Trinajstić information content (AvgIpc) is 2.64. The monoisotopic (exact) mass is 237 g/mol. The molecule has 0 aromatic carbocycles. The minimum atomic E-state index is 0.0996. The first-order chi connectivity index (χ1) is 8.17. The van der Waals surface area contributed by atoms with E-state index in [2.05, 4.69) is 15.0 Å². The van der Waals surface area contributed by atoms with Crippen LogP contribution < -0.4 is 10.5 Å². The van der Waals surface area contributed by atoms with Crippen molar-refractivity contribution >= 4 is 17.0 Å². The van der Waals surface area contributed by atoms with Crippen LogP contribution in [0, 0.1) is 6.92 Å². The molecule has 0 radical (unpaired) electrons. The Morgan fingerprint density at radius 2 is 2.12 bits per heavy atom. The third kappa shape index (κ3) is 2.01. The summed E-state index contributed by atoms with van der Waals surface area (Å²) >= 11 is 0. The van der Waals surface area contributed by atoms with Crippen molar-refractivity contribution in [2.45, 2.75) is 19.9 Å². The van der Waals surface area contributed by atoms with Crippen LogP contribution in [0.5, 0.6) is 6.01 Å². The smallest absolute Gasteiger partial charge is 0.298 e. The van der Waals surface area contributed by atoms with Crippen LogP contribution in [0.2, 0.25) is 0 Å². The molecule has 7 nitrogen and oxygen atoms in total. The number of anilines is 1. The fraction of sp³-hybridized carbons (Fsp3) is 0.500. The predicted molar refractivity (Wildman–Crippen MR) is 62.7 cm³/mol. The van der Waals surface area contributed by atoms with Crippen molar-refractivity contribution in [1.82, 2.24) is 19.5 Å². The van der Waals surface area contributed by atoms with Crippen molar-refractivity contribution < 1.29 is 9.84 Å². The Morgan fingerprint density at radius 3 is 2.76 bits per heavy atom. The zero-order valence-corrected chi connectivity index (χ0v) is 9.84. The quantitative estimate of drug-likeness (QED) is 0.782. The highest BCUT2D eigenvalue weighted by Gasteiger charge is 2.15. The van der Waals surface area contributed by atoms with Gasteiger partial charge in [0.15, 0.2) is 17.0 Å². The van der Waals surface area contributed by atoms with Gasteiger partial charge in [0, 0.05) is 13.2 Å². The zero-order chi connectivity index (χ0) is 12.4. The summed E-state index contributed by atoms with van der Waals surface area (Å²) < 4.78 is 6.96. The first-order valence-electron chi connectivity index (χ1n) is 5.32. The van der Waals surface area contributed by atoms with E-state index >= 15 is 0 Å². The summed E-state index contributed by atoms with van der Waals surface area (Å²) in [6.45, 7) is 2.44. The number of aliphatic hydroxyl groups excluding tert-OH is 1. The third-order valence-corrected chi connectivity index (χ3v) is 2.42. The summed E-state index contributed by atoms with van der Waals surface area (Å²) in [6.07, 6.45) is 0.602. The van der Waals surface area contributed by atoms with Gasteiger partial charge in [-0.05, 0) is 13.3 Å². The summed E-state index contributed by atoms with van der Waals surface area (Å²) in [4.78, 5) is 12.6. The number of aryl methyl sites for hydroxylation is 2. The molecule has 2 heterocycles. The zero-order valence-electron chi connectivity index (χ0n) is 9.84. The van der Waals surface area contributed by atoms with E-state index in [1.54, 1.807) is 11.5 Å². The maximum absolute atomic E-state index is 8.88. The summed E-state index contributed by atoms with van der Waals surface area (Å²) in [5, 5.41) is 8.88. The number of hydrogen-bond donors (Lipinski definition) is 2. The Labute approximate surface area is 98.3 Å². The highest BCUT2D eigenvalue weighted by Crippen LogP contribution is 2.23. The van der Waals surface area contributed by atoms with Gasteiger partial charge < -0.3 is 15.6 Å². The molecule has 3 N–H and O–H groups in total. The van der Waals surface area contributed by atoms with Crippen molar-refractivity contribution in [2.24, 2.45) is 0 Å². The van der Waals surface area contributed by atoms with Gasteiger partial charge in [-0.3, -0.25) is 4.57 Å². The van der Waals surface area contributed by atoms with Crippen molar-refractivity contribution in [1.29, 1.82) is 0 Å². The number of ether oxygens (including phenoxy) is 1. The molecule has 2 aromatic heterocycles. The number of nitrogen functional groups attached to an aromatic ring is 1. The molecule has 0 saturated heterocycles. The molecule has 0 fully saturated rings. The molecule has 17 heavy (non-hydrogen) atoms. The third-order valence-electron chi connectivity index (χ3n) is 2.42. The van der Waals surface area contributed by atoms with Crippen LogP contribution in [0.15, 0.2) is 0 Å². The van der Waals surface area contributed by atoms with Gasteiger partial charge in [-0.2, -0.15) is 4.98 Å². The van der Waals surface area contributed by atoms with Crippen LogP contribution in [0.25, 0.3) is 11.2 Å². The van der Waals surface area contributed by atoms with Gasteiger partial charge in [0.2, 0.25) is 0 Å². The highest BCUT2D eigenvalue weighted by molar-refractivity contribution is 5.82. The lowest BCUT2D eigenvalue weighted by molar-refractivity contribution is 0.274. The number of imidazole rings is 1. The Hall–Kier alpha value is -1.89. The molecule has 0 aliphatic heterocycles. The Kier molecular flexibility index (Phi) is 3.10. The Balaban J connectivity index is 2.60. The molecular weight excluding hydrogens is 222 g/mol. The molecule has 0 atom stereocenters. The van der Waals surface area contributed by atoms with Crippen LogP contribution >= 0.6 is 0 Å². The second kappa shape index (κ2) is 4.54. The first kappa shape index (κ1) is 11.6. The van der Waals surface area contributed by atoms with Crippen LogP contribution in [-0.4, -0.2) is 38.3 Å². The fourth-order valence-electron chi connectivity index (χ4n) is 1.70. The Morgan fingerprint density at radius 1 is 1.35 bits per heavy atom. The lowest BCUT2D eigenvalue weighted by atomic mass is 10.4. The number of methoxy groups -OCH3 is 1. The average molecular weight is 237 g/mol. The largest absolute Gasteiger partial charge is 0.468 e. The molecule has 0 aliphatic carbocycles. The van der Waals surface area contributed by atoms with Crippen LogP contribution in [0.3, 0.4) is 0 Å². The second-order valence-electron chi connectivity index (χ2n) is 3.66. The molecule has 0 aliphatic rings. The molecule has 0 saturated carbocycles. The normalized spacial score (nSPS) is 11.0. The summed E-state index contributed by atoms with van der Waals surface area (Å²) in [5.41, 5.74) is 6.96. The number of nitrogens with two attached hydrogens (primary N) is 1. The molecule has 0 unspecified atom stereocenters. The molecular formula is C10H15N5O2. The molecule has 0 spiro atoms. The number of hydrogen-bond acceptors (Lipinski definition) is 6. The molecule has 7 heteroatoms. The van der Waals surface area contributed by atoms with Crippen molar-refractivity contribution in [3.63, 3.8) is 0 Å². The van der Waals surface area contributed by atoms with E-state index in [-0.39, 0.29) is 6.61 Å².